The number of methoxy groups -OCH3 is 2. The van der Waals surface area contributed by atoms with Crippen LogP contribution in [0.1, 0.15) is 10.4 Å². The van der Waals surface area contributed by atoms with E-state index in [2.05, 4.69) is 10.3 Å². The number of urea groups is 1. The zero-order chi connectivity index (χ0) is 22.5. The summed E-state index contributed by atoms with van der Waals surface area (Å²) < 4.78 is 10.6. The third-order valence-corrected chi connectivity index (χ3v) is 5.91. The first-order valence-corrected chi connectivity index (χ1v) is 10.9. The second-order valence-electron chi connectivity index (χ2n) is 7.14. The van der Waals surface area contributed by atoms with Gasteiger partial charge in [0.05, 0.1) is 38.5 Å². The van der Waals surface area contributed by atoms with Crippen LogP contribution in [0.5, 0.6) is 11.5 Å². The number of carbonyl (C=O) groups is 1. The van der Waals surface area contributed by atoms with Crippen molar-refractivity contribution in [2.45, 2.75) is 13.1 Å². The van der Waals surface area contributed by atoms with E-state index in [9.17, 15) is 9.59 Å². The van der Waals surface area contributed by atoms with E-state index in [1.54, 1.807) is 48.7 Å². The van der Waals surface area contributed by atoms with Gasteiger partial charge in [0.15, 0.2) is 0 Å². The lowest BCUT2D eigenvalue weighted by molar-refractivity contribution is 0.206. The second kappa shape index (κ2) is 9.57. The summed E-state index contributed by atoms with van der Waals surface area (Å²) in [5.41, 5.74) is 1.50. The number of aromatic nitrogens is 1. The molecule has 0 atom stereocenters. The van der Waals surface area contributed by atoms with Crippen molar-refractivity contribution in [2.75, 3.05) is 19.5 Å². The average molecular weight is 450 g/mol. The van der Waals surface area contributed by atoms with E-state index in [1.165, 1.54) is 0 Å². The molecule has 0 unspecified atom stereocenters. The minimum absolute atomic E-state index is 0.149. The summed E-state index contributed by atoms with van der Waals surface area (Å²) in [7, 11) is 3.13. The molecule has 164 valence electrons. The van der Waals surface area contributed by atoms with Crippen LogP contribution in [-0.4, -0.2) is 30.1 Å². The van der Waals surface area contributed by atoms with Crippen molar-refractivity contribution < 1.29 is 14.3 Å². The van der Waals surface area contributed by atoms with Gasteiger partial charge in [-0.15, -0.1) is 11.3 Å². The van der Waals surface area contributed by atoms with Crippen LogP contribution in [-0.2, 0) is 13.1 Å². The molecule has 2 N–H and O–H groups in total. The summed E-state index contributed by atoms with van der Waals surface area (Å²) in [5, 5.41) is 5.73. The quantitative estimate of drug-likeness (QED) is 0.423. The SMILES string of the molecule is COc1ccc2cc(CN(Cc3cccs3)C(=O)Nc3ccccc3OC)c(=O)[nH]c2c1. The molecule has 0 saturated carbocycles. The van der Waals surface area contributed by atoms with E-state index in [4.69, 9.17) is 9.47 Å². The van der Waals surface area contributed by atoms with Crippen LogP contribution in [0, 0.1) is 0 Å². The number of carbonyl (C=O) groups excluding carboxylic acids is 1. The fraction of sp³-hybridized carbons (Fsp3) is 0.167. The molecule has 4 aromatic rings. The van der Waals surface area contributed by atoms with E-state index < -0.39 is 0 Å². The summed E-state index contributed by atoms with van der Waals surface area (Å²) in [5.74, 6) is 1.23. The summed E-state index contributed by atoms with van der Waals surface area (Å²) >= 11 is 1.56. The molecule has 7 nitrogen and oxygen atoms in total. The van der Waals surface area contributed by atoms with Crippen LogP contribution in [0.25, 0.3) is 10.9 Å². The third-order valence-electron chi connectivity index (χ3n) is 5.05. The van der Waals surface area contributed by atoms with Gasteiger partial charge in [0, 0.05) is 16.5 Å². The molecule has 2 aromatic heterocycles. The van der Waals surface area contributed by atoms with Gasteiger partial charge in [-0.1, -0.05) is 18.2 Å². The fourth-order valence-electron chi connectivity index (χ4n) is 3.41. The Kier molecular flexibility index (Phi) is 6.42. The number of amides is 2. The Morgan fingerprint density at radius 2 is 1.88 bits per heavy atom. The van der Waals surface area contributed by atoms with Crippen molar-refractivity contribution in [3.63, 3.8) is 0 Å². The lowest BCUT2D eigenvalue weighted by atomic mass is 10.1. The number of fused-ring (bicyclic) bond motifs is 1. The minimum Gasteiger partial charge on any atom is -0.497 e. The molecule has 0 saturated heterocycles. The number of pyridine rings is 1. The number of benzene rings is 2. The number of ether oxygens (including phenoxy) is 2. The standard InChI is InChI=1S/C24H23N3O4S/c1-30-18-10-9-16-12-17(23(28)25-21(16)13-18)14-27(15-19-6-5-11-32-19)24(29)26-20-7-3-4-8-22(20)31-2/h3-13H,14-15H2,1-2H3,(H,25,28)(H,26,29). The molecular weight excluding hydrogens is 426 g/mol. The van der Waals surface area contributed by atoms with Gasteiger partial charge in [-0.2, -0.15) is 0 Å². The second-order valence-corrected chi connectivity index (χ2v) is 8.17. The highest BCUT2D eigenvalue weighted by atomic mass is 32.1. The smallest absolute Gasteiger partial charge is 0.322 e. The number of anilines is 1. The number of thiophene rings is 1. The normalized spacial score (nSPS) is 10.7. The first-order chi connectivity index (χ1) is 15.6. The average Bonchev–Trinajstić information content (AvgIpc) is 3.32. The molecular formula is C24H23N3O4S. The van der Waals surface area contributed by atoms with E-state index in [1.807, 2.05) is 47.8 Å². The van der Waals surface area contributed by atoms with Crippen LogP contribution in [0.4, 0.5) is 10.5 Å². The largest absolute Gasteiger partial charge is 0.497 e. The Labute approximate surface area is 189 Å². The van der Waals surface area contributed by atoms with Crippen molar-refractivity contribution in [2.24, 2.45) is 0 Å². The molecule has 32 heavy (non-hydrogen) atoms. The molecule has 4 rings (SSSR count). The van der Waals surface area contributed by atoms with Crippen molar-refractivity contribution in [3.05, 3.63) is 86.8 Å². The third kappa shape index (κ3) is 4.76. The van der Waals surface area contributed by atoms with Crippen molar-refractivity contribution >= 4 is 34.0 Å². The number of nitrogens with one attached hydrogen (secondary N) is 2. The Morgan fingerprint density at radius 1 is 1.03 bits per heavy atom. The molecule has 0 aliphatic heterocycles. The Hall–Kier alpha value is -3.78. The van der Waals surface area contributed by atoms with E-state index in [0.717, 1.165) is 10.3 Å². The molecule has 0 aliphatic rings. The van der Waals surface area contributed by atoms with Crippen LogP contribution < -0.4 is 20.3 Å². The molecule has 2 aromatic carbocycles. The maximum atomic E-state index is 13.2. The van der Waals surface area contributed by atoms with E-state index in [-0.39, 0.29) is 18.1 Å². The first kappa shape index (κ1) is 21.5. The van der Waals surface area contributed by atoms with Gasteiger partial charge in [-0.05, 0) is 47.2 Å². The van der Waals surface area contributed by atoms with Crippen LogP contribution >= 0.6 is 11.3 Å². The number of para-hydroxylation sites is 2. The molecule has 8 heteroatoms. The van der Waals surface area contributed by atoms with E-state index >= 15 is 0 Å². The van der Waals surface area contributed by atoms with Gasteiger partial charge < -0.3 is 24.7 Å². The molecule has 0 aliphatic carbocycles. The molecule has 2 amide bonds. The van der Waals surface area contributed by atoms with Gasteiger partial charge >= 0.3 is 6.03 Å². The van der Waals surface area contributed by atoms with E-state index in [0.29, 0.717) is 34.8 Å². The maximum Gasteiger partial charge on any atom is 0.322 e. The van der Waals surface area contributed by atoms with Crippen molar-refractivity contribution in [1.82, 2.24) is 9.88 Å². The van der Waals surface area contributed by atoms with Crippen molar-refractivity contribution in [1.29, 1.82) is 0 Å². The molecule has 0 fully saturated rings. The number of hydrogen-bond acceptors (Lipinski definition) is 5. The highest BCUT2D eigenvalue weighted by Crippen LogP contribution is 2.25. The summed E-state index contributed by atoms with van der Waals surface area (Å²) in [6.07, 6.45) is 0. The predicted octanol–water partition coefficient (Wildman–Crippen LogP) is 4.84. The highest BCUT2D eigenvalue weighted by molar-refractivity contribution is 7.09. The topological polar surface area (TPSA) is 83.7 Å². The Balaban J connectivity index is 1.64. The highest BCUT2D eigenvalue weighted by Gasteiger charge is 2.19. The summed E-state index contributed by atoms with van der Waals surface area (Å²) in [6, 6.07) is 18.1. The molecule has 0 bridgehead atoms. The first-order valence-electron chi connectivity index (χ1n) is 9.98. The summed E-state index contributed by atoms with van der Waals surface area (Å²) in [4.78, 5) is 31.5. The van der Waals surface area contributed by atoms with Crippen LogP contribution in [0.15, 0.2) is 70.8 Å². The van der Waals surface area contributed by atoms with Gasteiger partial charge in [0.25, 0.3) is 5.56 Å². The fourth-order valence-corrected chi connectivity index (χ4v) is 4.13. The molecule has 0 spiro atoms. The lowest BCUT2D eigenvalue weighted by Gasteiger charge is -2.23. The number of aromatic amines is 1. The number of rotatable bonds is 7. The summed E-state index contributed by atoms with van der Waals surface area (Å²) in [6.45, 7) is 0.523. The monoisotopic (exact) mass is 449 g/mol. The van der Waals surface area contributed by atoms with Crippen LogP contribution in [0.3, 0.4) is 0 Å². The minimum atomic E-state index is -0.322. The van der Waals surface area contributed by atoms with Gasteiger partial charge in [-0.3, -0.25) is 4.79 Å². The number of nitrogens with zero attached hydrogens (tertiary/aromatic N) is 1. The predicted molar refractivity (Wildman–Crippen MR) is 127 cm³/mol. The number of H-pyrrole nitrogens is 1. The van der Waals surface area contributed by atoms with Gasteiger partial charge in [0.2, 0.25) is 0 Å². The zero-order valence-corrected chi connectivity index (χ0v) is 18.6. The maximum absolute atomic E-state index is 13.2. The van der Waals surface area contributed by atoms with Crippen LogP contribution in [0.2, 0.25) is 0 Å². The number of hydrogen-bond donors (Lipinski definition) is 2. The Bertz CT molecular complexity index is 1280. The van der Waals surface area contributed by atoms with Gasteiger partial charge in [-0.25, -0.2) is 4.79 Å². The van der Waals surface area contributed by atoms with Gasteiger partial charge in [0.1, 0.15) is 11.5 Å². The zero-order valence-electron chi connectivity index (χ0n) is 17.8. The molecule has 0 radical (unpaired) electrons. The Morgan fingerprint density at radius 3 is 2.62 bits per heavy atom. The lowest BCUT2D eigenvalue weighted by Crippen LogP contribution is -2.35. The van der Waals surface area contributed by atoms with Crippen molar-refractivity contribution in [3.8, 4) is 11.5 Å². The molecule has 2 heterocycles.